The van der Waals surface area contributed by atoms with Gasteiger partial charge in [-0.3, -0.25) is 0 Å². The third-order valence-corrected chi connectivity index (χ3v) is 0.974. The second kappa shape index (κ2) is 1.84. The first-order valence-corrected chi connectivity index (χ1v) is 2.54. The van der Waals surface area contributed by atoms with E-state index in [2.05, 4.69) is 30.9 Å². The molecule has 7 heavy (non-hydrogen) atoms. The number of hydrogen-bond acceptors (Lipinski definition) is 0. The van der Waals surface area contributed by atoms with Crippen molar-refractivity contribution in [2.24, 2.45) is 5.92 Å². The van der Waals surface area contributed by atoms with Crippen LogP contribution in [-0.4, -0.2) is 0 Å². The fourth-order valence-corrected chi connectivity index (χ4v) is 0.599. The summed E-state index contributed by atoms with van der Waals surface area (Å²) in [5, 5.41) is 0. The van der Waals surface area contributed by atoms with Crippen molar-refractivity contribution in [1.29, 1.82) is 0 Å². The van der Waals surface area contributed by atoms with Gasteiger partial charge < -0.3 is 0 Å². The minimum absolute atomic E-state index is 0.494. The molecule has 36 valence electrons. The zero-order valence-corrected chi connectivity index (χ0v) is 4.44. The summed E-state index contributed by atoms with van der Waals surface area (Å²) >= 11 is 0. The Bertz CT molecular complexity index is 132. The largest absolute Gasteiger partial charge is 0.0986 e. The lowest BCUT2D eigenvalue weighted by atomic mass is 10.1. The quantitative estimate of drug-likeness (QED) is 0.314. The average Bonchev–Trinajstić information content (AvgIpc) is 1.69. The molecule has 1 aliphatic carbocycles. The lowest BCUT2D eigenvalue weighted by Gasteiger charge is -1.95. The number of rotatable bonds is 0. The van der Waals surface area contributed by atoms with Crippen LogP contribution in [0.2, 0.25) is 0 Å². The van der Waals surface area contributed by atoms with Gasteiger partial charge in [-0.05, 0) is 6.92 Å². The summed E-state index contributed by atoms with van der Waals surface area (Å²) in [6.45, 7) is 2.10. The van der Waals surface area contributed by atoms with Gasteiger partial charge in [-0.2, -0.15) is 0 Å². The first kappa shape index (κ1) is 4.46. The van der Waals surface area contributed by atoms with Crippen LogP contribution in [0, 0.1) is 17.8 Å². The summed E-state index contributed by atoms with van der Waals surface area (Å²) in [4.78, 5) is 0. The molecule has 1 aliphatic rings. The monoisotopic (exact) mass is 92.1 g/mol. The Labute approximate surface area is 44.2 Å². The van der Waals surface area contributed by atoms with Crippen molar-refractivity contribution < 1.29 is 0 Å². The van der Waals surface area contributed by atoms with E-state index in [-0.39, 0.29) is 0 Å². The van der Waals surface area contributed by atoms with Crippen molar-refractivity contribution in [1.82, 2.24) is 0 Å². The van der Waals surface area contributed by atoms with Crippen molar-refractivity contribution in [3.05, 3.63) is 12.2 Å². The molecule has 1 atom stereocenters. The van der Waals surface area contributed by atoms with E-state index < -0.39 is 0 Å². The summed E-state index contributed by atoms with van der Waals surface area (Å²) in [6, 6.07) is 0. The topological polar surface area (TPSA) is 0 Å². The maximum atomic E-state index is 3.05. The summed E-state index contributed by atoms with van der Waals surface area (Å²) in [6.07, 6.45) is 5.20. The summed E-state index contributed by atoms with van der Waals surface area (Å²) in [7, 11) is 0. The van der Waals surface area contributed by atoms with Crippen LogP contribution in [0.15, 0.2) is 12.2 Å². The van der Waals surface area contributed by atoms with Gasteiger partial charge >= 0.3 is 0 Å². The second-order valence-electron chi connectivity index (χ2n) is 1.74. The van der Waals surface area contributed by atoms with Gasteiger partial charge in [0.2, 0.25) is 0 Å². The van der Waals surface area contributed by atoms with Gasteiger partial charge in [-0.1, -0.05) is 24.0 Å². The molecule has 1 rings (SSSR count). The van der Waals surface area contributed by atoms with Crippen molar-refractivity contribution >= 4 is 0 Å². The molecule has 0 N–H and O–H groups in total. The minimum Gasteiger partial charge on any atom is -0.0986 e. The van der Waals surface area contributed by atoms with Crippen molar-refractivity contribution in [2.75, 3.05) is 0 Å². The van der Waals surface area contributed by atoms with Crippen molar-refractivity contribution in [3.8, 4) is 11.8 Å². The molecule has 0 aliphatic heterocycles. The Morgan fingerprint density at radius 2 is 2.57 bits per heavy atom. The van der Waals surface area contributed by atoms with Crippen LogP contribution in [0.5, 0.6) is 0 Å². The van der Waals surface area contributed by atoms with Crippen molar-refractivity contribution in [2.45, 2.75) is 13.3 Å². The lowest BCUT2D eigenvalue weighted by Crippen LogP contribution is -1.85. The molecule has 0 heteroatoms. The van der Waals surface area contributed by atoms with E-state index in [4.69, 9.17) is 0 Å². The van der Waals surface area contributed by atoms with Gasteiger partial charge in [0.25, 0.3) is 0 Å². The molecule has 0 saturated carbocycles. The summed E-state index contributed by atoms with van der Waals surface area (Å²) < 4.78 is 0. The van der Waals surface area contributed by atoms with E-state index in [1.165, 1.54) is 0 Å². The predicted octanol–water partition coefficient (Wildman–Crippen LogP) is 1.59. The van der Waals surface area contributed by atoms with Crippen LogP contribution in [0.25, 0.3) is 0 Å². The standard InChI is InChI=1S/C7H8/c1-7-5-3-2-4-6-7/h3,5,7H,2H2,1H3. The second-order valence-corrected chi connectivity index (χ2v) is 1.74. The molecular formula is C7H8. The van der Waals surface area contributed by atoms with Gasteiger partial charge in [0.1, 0.15) is 0 Å². The molecule has 0 aromatic carbocycles. The van der Waals surface area contributed by atoms with E-state index in [0.29, 0.717) is 5.92 Å². The Morgan fingerprint density at radius 1 is 1.71 bits per heavy atom. The Hall–Kier alpha value is -0.700. The highest BCUT2D eigenvalue weighted by Crippen LogP contribution is 1.99. The molecule has 0 aromatic rings. The Kier molecular flexibility index (Phi) is 1.17. The zero-order valence-electron chi connectivity index (χ0n) is 4.44. The van der Waals surface area contributed by atoms with Gasteiger partial charge in [0.15, 0.2) is 0 Å². The lowest BCUT2D eigenvalue weighted by molar-refractivity contribution is 0.960. The van der Waals surface area contributed by atoms with Crippen LogP contribution in [0.3, 0.4) is 0 Å². The van der Waals surface area contributed by atoms with E-state index in [1.54, 1.807) is 0 Å². The van der Waals surface area contributed by atoms with Crippen LogP contribution in [0.1, 0.15) is 13.3 Å². The molecular weight excluding hydrogens is 84.1 g/mol. The highest BCUT2D eigenvalue weighted by molar-refractivity contribution is 5.17. The zero-order chi connectivity index (χ0) is 5.11. The van der Waals surface area contributed by atoms with Crippen LogP contribution < -0.4 is 0 Å². The van der Waals surface area contributed by atoms with Crippen LogP contribution >= 0.6 is 0 Å². The number of hydrogen-bond donors (Lipinski definition) is 0. The SMILES string of the molecule is CC1C#CCC=C1. The minimum atomic E-state index is 0.494. The van der Waals surface area contributed by atoms with Gasteiger partial charge in [0, 0.05) is 12.3 Å². The van der Waals surface area contributed by atoms with E-state index in [1.807, 2.05) is 0 Å². The molecule has 0 bridgehead atoms. The molecule has 0 spiro atoms. The normalized spacial score (nSPS) is 26.1. The van der Waals surface area contributed by atoms with E-state index in [9.17, 15) is 0 Å². The smallest absolute Gasteiger partial charge is 0.0354 e. The molecule has 0 amide bonds. The molecule has 0 radical (unpaired) electrons. The van der Waals surface area contributed by atoms with Crippen LogP contribution in [-0.2, 0) is 0 Å². The van der Waals surface area contributed by atoms with E-state index in [0.717, 1.165) is 6.42 Å². The molecule has 1 unspecified atom stereocenters. The molecule has 0 saturated heterocycles. The highest BCUT2D eigenvalue weighted by Gasteiger charge is 1.89. The van der Waals surface area contributed by atoms with Crippen LogP contribution in [0.4, 0.5) is 0 Å². The fraction of sp³-hybridized carbons (Fsp3) is 0.429. The van der Waals surface area contributed by atoms with Crippen molar-refractivity contribution in [3.63, 3.8) is 0 Å². The maximum absolute atomic E-state index is 3.05. The maximum Gasteiger partial charge on any atom is 0.0354 e. The van der Waals surface area contributed by atoms with E-state index >= 15 is 0 Å². The summed E-state index contributed by atoms with van der Waals surface area (Å²) in [5.74, 6) is 6.54. The average molecular weight is 92.1 g/mol. The molecule has 0 fully saturated rings. The first-order chi connectivity index (χ1) is 3.39. The van der Waals surface area contributed by atoms with Gasteiger partial charge in [-0.15, -0.1) is 0 Å². The fourth-order valence-electron chi connectivity index (χ4n) is 0.599. The van der Waals surface area contributed by atoms with Gasteiger partial charge in [0.05, 0.1) is 0 Å². The Balaban J connectivity index is 2.59. The molecule has 0 nitrogen and oxygen atoms in total. The third kappa shape index (κ3) is 1.08. The predicted molar refractivity (Wildman–Crippen MR) is 30.7 cm³/mol. The highest BCUT2D eigenvalue weighted by atomic mass is 13.9. The third-order valence-electron chi connectivity index (χ3n) is 0.974. The first-order valence-electron chi connectivity index (χ1n) is 2.54. The molecule has 0 aromatic heterocycles. The Morgan fingerprint density at radius 3 is 2.86 bits per heavy atom. The number of allylic oxidation sites excluding steroid dienone is 2. The van der Waals surface area contributed by atoms with Gasteiger partial charge in [-0.25, -0.2) is 0 Å². The molecule has 0 heterocycles. The summed E-state index contributed by atoms with van der Waals surface area (Å²) in [5.41, 5.74) is 0.